The first-order valence-electron chi connectivity index (χ1n) is 7.40. The molecule has 2 aromatic rings. The molecule has 0 radical (unpaired) electrons. The van der Waals surface area contributed by atoms with E-state index in [4.69, 9.17) is 0 Å². The number of hydrogen-bond acceptors (Lipinski definition) is 4. The van der Waals surface area contributed by atoms with Crippen molar-refractivity contribution in [1.29, 1.82) is 0 Å². The van der Waals surface area contributed by atoms with E-state index < -0.39 is 35.5 Å². The van der Waals surface area contributed by atoms with Gasteiger partial charge in [0.15, 0.2) is 0 Å². The standard InChI is InChI=1S/C15H12F5N3O2/c16-9-1-2-10(11(17)7-9)13(24)23-5-3-8(4-6-23)12-21-22-14(25-12)15(18,19)20/h1-2,7-8H,3-6H2. The molecule has 5 nitrogen and oxygen atoms in total. The molecule has 0 saturated carbocycles. The molecule has 2 heterocycles. The van der Waals surface area contributed by atoms with Crippen LogP contribution >= 0.6 is 0 Å². The molecule has 1 saturated heterocycles. The Kier molecular flexibility index (Phi) is 4.44. The number of piperidine rings is 1. The lowest BCUT2D eigenvalue weighted by Crippen LogP contribution is -2.38. The van der Waals surface area contributed by atoms with Gasteiger partial charge in [-0.25, -0.2) is 8.78 Å². The molecule has 1 fully saturated rings. The maximum absolute atomic E-state index is 13.7. The summed E-state index contributed by atoms with van der Waals surface area (Å²) in [5.41, 5.74) is -0.253. The number of nitrogens with zero attached hydrogens (tertiary/aromatic N) is 3. The van der Waals surface area contributed by atoms with E-state index in [1.54, 1.807) is 0 Å². The second-order valence-corrected chi connectivity index (χ2v) is 5.63. The van der Waals surface area contributed by atoms with Crippen LogP contribution in [0.5, 0.6) is 0 Å². The molecule has 1 amide bonds. The smallest absolute Gasteiger partial charge is 0.417 e. The monoisotopic (exact) mass is 361 g/mol. The molecular formula is C15H12F5N3O2. The lowest BCUT2D eigenvalue weighted by molar-refractivity contribution is -0.157. The third-order valence-corrected chi connectivity index (χ3v) is 3.98. The summed E-state index contributed by atoms with van der Waals surface area (Å²) >= 11 is 0. The normalized spacial score (nSPS) is 16.3. The van der Waals surface area contributed by atoms with E-state index in [0.717, 1.165) is 12.1 Å². The summed E-state index contributed by atoms with van der Waals surface area (Å²) in [6, 6.07) is 2.67. The highest BCUT2D eigenvalue weighted by atomic mass is 19.4. The highest BCUT2D eigenvalue weighted by Crippen LogP contribution is 2.32. The molecule has 0 N–H and O–H groups in total. The average molecular weight is 361 g/mol. The Hall–Kier alpha value is -2.52. The summed E-state index contributed by atoms with van der Waals surface area (Å²) < 4.78 is 68.7. The van der Waals surface area contributed by atoms with Crippen molar-refractivity contribution in [2.45, 2.75) is 24.9 Å². The molecule has 0 atom stereocenters. The molecule has 1 aromatic carbocycles. The van der Waals surface area contributed by atoms with Gasteiger partial charge in [-0.2, -0.15) is 13.2 Å². The number of rotatable bonds is 2. The summed E-state index contributed by atoms with van der Waals surface area (Å²) in [6.45, 7) is 0.369. The summed E-state index contributed by atoms with van der Waals surface area (Å²) in [5.74, 6) is -4.30. The Bertz CT molecular complexity index is 782. The zero-order valence-corrected chi connectivity index (χ0v) is 12.7. The van der Waals surface area contributed by atoms with Gasteiger partial charge in [-0.1, -0.05) is 0 Å². The molecule has 0 bridgehead atoms. The van der Waals surface area contributed by atoms with Crippen molar-refractivity contribution < 1.29 is 31.2 Å². The van der Waals surface area contributed by atoms with Crippen molar-refractivity contribution in [3.63, 3.8) is 0 Å². The number of hydrogen-bond donors (Lipinski definition) is 0. The van der Waals surface area contributed by atoms with Crippen LogP contribution in [-0.2, 0) is 6.18 Å². The summed E-state index contributed by atoms with van der Waals surface area (Å²) in [6.07, 6.45) is -4.11. The van der Waals surface area contributed by atoms with E-state index in [-0.39, 0.29) is 24.5 Å². The van der Waals surface area contributed by atoms with Crippen LogP contribution in [0.2, 0.25) is 0 Å². The number of carbonyl (C=O) groups is 1. The van der Waals surface area contributed by atoms with Crippen molar-refractivity contribution in [2.24, 2.45) is 0 Å². The predicted octanol–water partition coefficient (Wildman–Crippen LogP) is 3.39. The van der Waals surface area contributed by atoms with Crippen LogP contribution < -0.4 is 0 Å². The minimum Gasteiger partial charge on any atom is -0.417 e. The van der Waals surface area contributed by atoms with Crippen LogP contribution in [0.25, 0.3) is 0 Å². The molecule has 1 aromatic heterocycles. The number of aromatic nitrogens is 2. The Labute approximate surface area is 138 Å². The maximum atomic E-state index is 13.7. The molecule has 0 unspecified atom stereocenters. The molecule has 3 rings (SSSR count). The molecule has 0 aliphatic carbocycles. The topological polar surface area (TPSA) is 59.2 Å². The van der Waals surface area contributed by atoms with Crippen LogP contribution in [0.1, 0.15) is 40.9 Å². The van der Waals surface area contributed by atoms with Crippen LogP contribution in [0.4, 0.5) is 22.0 Å². The fourth-order valence-corrected chi connectivity index (χ4v) is 2.68. The Balaban J connectivity index is 1.65. The van der Waals surface area contributed by atoms with Crippen molar-refractivity contribution in [1.82, 2.24) is 15.1 Å². The summed E-state index contributed by atoms with van der Waals surface area (Å²) in [7, 11) is 0. The summed E-state index contributed by atoms with van der Waals surface area (Å²) in [4.78, 5) is 13.6. The lowest BCUT2D eigenvalue weighted by Gasteiger charge is -2.30. The first-order valence-corrected chi connectivity index (χ1v) is 7.40. The van der Waals surface area contributed by atoms with Gasteiger partial charge in [0.25, 0.3) is 5.91 Å². The van der Waals surface area contributed by atoms with E-state index in [0.29, 0.717) is 18.9 Å². The van der Waals surface area contributed by atoms with Gasteiger partial charge in [0.05, 0.1) is 5.56 Å². The van der Waals surface area contributed by atoms with E-state index in [1.165, 1.54) is 4.90 Å². The highest BCUT2D eigenvalue weighted by molar-refractivity contribution is 5.94. The van der Waals surface area contributed by atoms with E-state index in [1.807, 2.05) is 0 Å². The van der Waals surface area contributed by atoms with Gasteiger partial charge in [0, 0.05) is 25.1 Å². The van der Waals surface area contributed by atoms with Crippen molar-refractivity contribution >= 4 is 5.91 Å². The molecule has 1 aliphatic rings. The van der Waals surface area contributed by atoms with E-state index in [2.05, 4.69) is 14.6 Å². The van der Waals surface area contributed by atoms with Gasteiger partial charge in [0.1, 0.15) is 11.6 Å². The van der Waals surface area contributed by atoms with Gasteiger partial charge in [-0.15, -0.1) is 10.2 Å². The van der Waals surface area contributed by atoms with Crippen molar-refractivity contribution in [2.75, 3.05) is 13.1 Å². The zero-order valence-electron chi connectivity index (χ0n) is 12.7. The van der Waals surface area contributed by atoms with Gasteiger partial charge < -0.3 is 9.32 Å². The fourth-order valence-electron chi connectivity index (χ4n) is 2.68. The quantitative estimate of drug-likeness (QED) is 0.770. The van der Waals surface area contributed by atoms with Crippen molar-refractivity contribution in [3.05, 3.63) is 47.2 Å². The molecule has 0 spiro atoms. The number of carbonyl (C=O) groups excluding carboxylic acids is 1. The second kappa shape index (κ2) is 6.41. The molecule has 1 aliphatic heterocycles. The SMILES string of the molecule is O=C(c1ccc(F)cc1F)N1CCC(c2nnc(C(F)(F)F)o2)CC1. The van der Waals surface area contributed by atoms with Crippen LogP contribution in [0, 0.1) is 11.6 Å². The maximum Gasteiger partial charge on any atom is 0.470 e. The van der Waals surface area contributed by atoms with E-state index in [9.17, 15) is 26.7 Å². The number of halogens is 5. The largest absolute Gasteiger partial charge is 0.470 e. The minimum absolute atomic E-state index is 0.132. The Morgan fingerprint density at radius 1 is 1.16 bits per heavy atom. The average Bonchev–Trinajstić information content (AvgIpc) is 3.05. The van der Waals surface area contributed by atoms with Crippen molar-refractivity contribution in [3.8, 4) is 0 Å². The number of amides is 1. The predicted molar refractivity (Wildman–Crippen MR) is 73.5 cm³/mol. The highest BCUT2D eigenvalue weighted by Gasteiger charge is 2.39. The van der Waals surface area contributed by atoms with Crippen LogP contribution in [0.3, 0.4) is 0 Å². The first kappa shape index (κ1) is 17.3. The second-order valence-electron chi connectivity index (χ2n) is 5.63. The molecule has 134 valence electrons. The molecule has 25 heavy (non-hydrogen) atoms. The Morgan fingerprint density at radius 3 is 2.40 bits per heavy atom. The fraction of sp³-hybridized carbons (Fsp3) is 0.400. The first-order chi connectivity index (χ1) is 11.8. The zero-order chi connectivity index (χ0) is 18.2. The number of alkyl halides is 3. The molecular weight excluding hydrogens is 349 g/mol. The van der Waals surface area contributed by atoms with Crippen LogP contribution in [-0.4, -0.2) is 34.1 Å². The van der Waals surface area contributed by atoms with Gasteiger partial charge in [-0.05, 0) is 25.0 Å². The van der Waals surface area contributed by atoms with Crippen LogP contribution in [0.15, 0.2) is 22.6 Å². The number of likely N-dealkylation sites (tertiary alicyclic amines) is 1. The van der Waals surface area contributed by atoms with Gasteiger partial charge in [-0.3, -0.25) is 4.79 Å². The third kappa shape index (κ3) is 3.62. The Morgan fingerprint density at radius 2 is 1.84 bits per heavy atom. The lowest BCUT2D eigenvalue weighted by atomic mass is 9.96. The number of benzene rings is 1. The third-order valence-electron chi connectivity index (χ3n) is 3.98. The van der Waals surface area contributed by atoms with E-state index >= 15 is 0 Å². The molecule has 10 heteroatoms. The van der Waals surface area contributed by atoms with Gasteiger partial charge in [0.2, 0.25) is 5.89 Å². The minimum atomic E-state index is -4.71. The summed E-state index contributed by atoms with van der Waals surface area (Å²) in [5, 5.41) is 6.39. The van der Waals surface area contributed by atoms with Gasteiger partial charge >= 0.3 is 12.1 Å².